The Balaban J connectivity index is 1.89. The van der Waals surface area contributed by atoms with E-state index in [1.807, 2.05) is 16.3 Å². The molecule has 19 heavy (non-hydrogen) atoms. The topological polar surface area (TPSA) is 46.6 Å². The lowest BCUT2D eigenvalue weighted by Crippen LogP contribution is -2.30. The first-order valence-corrected chi connectivity index (χ1v) is 7.59. The summed E-state index contributed by atoms with van der Waals surface area (Å²) in [7, 11) is 0. The van der Waals surface area contributed by atoms with E-state index in [1.54, 1.807) is 18.3 Å². The molecule has 1 atom stereocenters. The van der Waals surface area contributed by atoms with E-state index in [-0.39, 0.29) is 30.8 Å². The number of likely N-dealkylation sites (tertiary alicyclic amines) is 1. The molecule has 0 aliphatic carbocycles. The van der Waals surface area contributed by atoms with Crippen LogP contribution in [0.5, 0.6) is 0 Å². The number of ether oxygens (including phenoxy) is 1. The van der Waals surface area contributed by atoms with E-state index in [4.69, 9.17) is 4.74 Å². The van der Waals surface area contributed by atoms with E-state index in [1.165, 1.54) is 4.88 Å². The summed E-state index contributed by atoms with van der Waals surface area (Å²) in [5, 5.41) is 2.04. The summed E-state index contributed by atoms with van der Waals surface area (Å²) >= 11 is 1.69. The van der Waals surface area contributed by atoms with Crippen LogP contribution in [0.4, 0.5) is 0 Å². The molecule has 104 valence electrons. The molecule has 0 bridgehead atoms. The number of thiophene rings is 1. The van der Waals surface area contributed by atoms with Gasteiger partial charge in [0, 0.05) is 17.8 Å². The largest absolute Gasteiger partial charge is 0.466 e. The molecule has 1 saturated heterocycles. The van der Waals surface area contributed by atoms with Gasteiger partial charge in [-0.05, 0) is 31.2 Å². The van der Waals surface area contributed by atoms with Gasteiger partial charge in [-0.25, -0.2) is 0 Å². The van der Waals surface area contributed by atoms with Crippen LogP contribution < -0.4 is 0 Å². The third kappa shape index (κ3) is 3.56. The zero-order valence-electron chi connectivity index (χ0n) is 11.1. The fourth-order valence-electron chi connectivity index (χ4n) is 2.43. The molecule has 0 unspecified atom stereocenters. The van der Waals surface area contributed by atoms with Gasteiger partial charge in [-0.15, -0.1) is 11.3 Å². The maximum absolute atomic E-state index is 12.2. The molecule has 4 nitrogen and oxygen atoms in total. The average molecular weight is 281 g/mol. The van der Waals surface area contributed by atoms with Gasteiger partial charge in [-0.1, -0.05) is 6.07 Å². The Hall–Kier alpha value is -1.36. The van der Waals surface area contributed by atoms with Crippen molar-refractivity contribution in [1.29, 1.82) is 0 Å². The number of amides is 1. The van der Waals surface area contributed by atoms with Crippen LogP contribution in [0, 0.1) is 0 Å². The van der Waals surface area contributed by atoms with Crippen LogP contribution in [0.1, 0.15) is 43.5 Å². The van der Waals surface area contributed by atoms with Crippen LogP contribution in [-0.2, 0) is 14.3 Å². The minimum Gasteiger partial charge on any atom is -0.466 e. The highest BCUT2D eigenvalue weighted by Crippen LogP contribution is 2.34. The summed E-state index contributed by atoms with van der Waals surface area (Å²) in [4.78, 5) is 26.6. The van der Waals surface area contributed by atoms with Crippen molar-refractivity contribution in [3.63, 3.8) is 0 Å². The number of esters is 1. The van der Waals surface area contributed by atoms with E-state index in [9.17, 15) is 9.59 Å². The second-order valence-electron chi connectivity index (χ2n) is 4.57. The Morgan fingerprint density at radius 2 is 2.32 bits per heavy atom. The monoisotopic (exact) mass is 281 g/mol. The van der Waals surface area contributed by atoms with Crippen molar-refractivity contribution < 1.29 is 14.3 Å². The summed E-state index contributed by atoms with van der Waals surface area (Å²) in [5.41, 5.74) is 0. The molecule has 2 heterocycles. The molecule has 1 aliphatic heterocycles. The van der Waals surface area contributed by atoms with Crippen LogP contribution in [0.15, 0.2) is 17.5 Å². The van der Waals surface area contributed by atoms with Crippen molar-refractivity contribution in [2.24, 2.45) is 0 Å². The maximum atomic E-state index is 12.2. The van der Waals surface area contributed by atoms with Crippen molar-refractivity contribution in [2.75, 3.05) is 13.2 Å². The molecular weight excluding hydrogens is 262 g/mol. The maximum Gasteiger partial charge on any atom is 0.306 e. The SMILES string of the molecule is CCOC(=O)CCC(=O)N1CCC[C@H]1c1cccs1. The minimum atomic E-state index is -0.289. The molecule has 1 aromatic heterocycles. The number of hydrogen-bond donors (Lipinski definition) is 0. The lowest BCUT2D eigenvalue weighted by Gasteiger charge is -2.23. The molecule has 1 aliphatic rings. The molecule has 2 rings (SSSR count). The van der Waals surface area contributed by atoms with Crippen LogP contribution in [0.3, 0.4) is 0 Å². The first-order valence-electron chi connectivity index (χ1n) is 6.71. The van der Waals surface area contributed by atoms with Gasteiger partial charge in [0.25, 0.3) is 0 Å². The Labute approximate surface area is 117 Å². The van der Waals surface area contributed by atoms with Gasteiger partial charge in [0.1, 0.15) is 0 Å². The zero-order chi connectivity index (χ0) is 13.7. The van der Waals surface area contributed by atoms with Crippen molar-refractivity contribution in [3.05, 3.63) is 22.4 Å². The molecule has 0 aromatic carbocycles. The van der Waals surface area contributed by atoms with Crippen LogP contribution >= 0.6 is 11.3 Å². The first kappa shape index (κ1) is 14.1. The van der Waals surface area contributed by atoms with E-state index in [0.717, 1.165) is 19.4 Å². The third-order valence-corrected chi connectivity index (χ3v) is 4.27. The molecule has 0 N–H and O–H groups in total. The van der Waals surface area contributed by atoms with Crippen molar-refractivity contribution in [3.8, 4) is 0 Å². The Bertz CT molecular complexity index is 430. The van der Waals surface area contributed by atoms with Crippen LogP contribution in [0.2, 0.25) is 0 Å². The molecule has 0 radical (unpaired) electrons. The fourth-order valence-corrected chi connectivity index (χ4v) is 3.30. The standard InChI is InChI=1S/C14H19NO3S/c1-2-18-14(17)8-7-13(16)15-9-3-5-11(15)12-6-4-10-19-12/h4,6,10-11H,2-3,5,7-9H2,1H3/t11-/m0/s1. The highest BCUT2D eigenvalue weighted by Gasteiger charge is 2.30. The van der Waals surface area contributed by atoms with E-state index < -0.39 is 0 Å². The second kappa shape index (κ2) is 6.70. The molecule has 1 aromatic rings. The number of carbonyl (C=O) groups excluding carboxylic acids is 2. The Morgan fingerprint density at radius 1 is 1.47 bits per heavy atom. The van der Waals surface area contributed by atoms with Gasteiger partial charge in [0.15, 0.2) is 0 Å². The first-order chi connectivity index (χ1) is 9.22. The molecule has 1 fully saturated rings. The van der Waals surface area contributed by atoms with E-state index in [2.05, 4.69) is 6.07 Å². The molecular formula is C14H19NO3S. The molecule has 1 amide bonds. The lowest BCUT2D eigenvalue weighted by atomic mass is 10.1. The average Bonchev–Trinajstić information content (AvgIpc) is 3.05. The number of nitrogens with zero attached hydrogens (tertiary/aromatic N) is 1. The van der Waals surface area contributed by atoms with Gasteiger partial charge < -0.3 is 9.64 Å². The van der Waals surface area contributed by atoms with Crippen molar-refractivity contribution in [2.45, 2.75) is 38.6 Å². The normalized spacial score (nSPS) is 18.6. The predicted octanol–water partition coefficient (Wildman–Crippen LogP) is 2.75. The van der Waals surface area contributed by atoms with Crippen molar-refractivity contribution in [1.82, 2.24) is 4.90 Å². The molecule has 5 heteroatoms. The van der Waals surface area contributed by atoms with E-state index in [0.29, 0.717) is 6.61 Å². The van der Waals surface area contributed by atoms with Crippen LogP contribution in [-0.4, -0.2) is 29.9 Å². The summed E-state index contributed by atoms with van der Waals surface area (Å²) in [6.07, 6.45) is 2.49. The van der Waals surface area contributed by atoms with Crippen LogP contribution in [0.25, 0.3) is 0 Å². The number of rotatable bonds is 5. The lowest BCUT2D eigenvalue weighted by molar-refractivity contribution is -0.145. The highest BCUT2D eigenvalue weighted by atomic mass is 32.1. The smallest absolute Gasteiger partial charge is 0.306 e. The predicted molar refractivity (Wildman–Crippen MR) is 73.9 cm³/mol. The fraction of sp³-hybridized carbons (Fsp3) is 0.571. The van der Waals surface area contributed by atoms with Gasteiger partial charge in [-0.3, -0.25) is 9.59 Å². The Kier molecular flexibility index (Phi) is 4.96. The number of carbonyl (C=O) groups is 2. The third-order valence-electron chi connectivity index (χ3n) is 3.29. The Morgan fingerprint density at radius 3 is 3.00 bits per heavy atom. The summed E-state index contributed by atoms with van der Waals surface area (Å²) < 4.78 is 4.85. The van der Waals surface area contributed by atoms with Gasteiger partial charge >= 0.3 is 5.97 Å². The summed E-state index contributed by atoms with van der Waals surface area (Å²) in [6, 6.07) is 4.29. The van der Waals surface area contributed by atoms with Gasteiger partial charge in [-0.2, -0.15) is 0 Å². The molecule has 0 saturated carbocycles. The number of hydrogen-bond acceptors (Lipinski definition) is 4. The minimum absolute atomic E-state index is 0.0592. The molecule has 0 spiro atoms. The van der Waals surface area contributed by atoms with Crippen molar-refractivity contribution >= 4 is 23.2 Å². The highest BCUT2D eigenvalue weighted by molar-refractivity contribution is 7.10. The summed E-state index contributed by atoms with van der Waals surface area (Å²) in [5.74, 6) is -0.230. The zero-order valence-corrected chi connectivity index (χ0v) is 11.9. The second-order valence-corrected chi connectivity index (χ2v) is 5.54. The van der Waals surface area contributed by atoms with E-state index >= 15 is 0 Å². The van der Waals surface area contributed by atoms with Gasteiger partial charge in [0.2, 0.25) is 5.91 Å². The quantitative estimate of drug-likeness (QED) is 0.780. The van der Waals surface area contributed by atoms with Gasteiger partial charge in [0.05, 0.1) is 19.1 Å². The summed E-state index contributed by atoms with van der Waals surface area (Å²) in [6.45, 7) is 2.94.